The minimum atomic E-state index is -0.385. The Morgan fingerprint density at radius 2 is 2.00 bits per heavy atom. The number of hydrogen-bond acceptors (Lipinski definition) is 2. The number of hydrogen-bond donors (Lipinski definition) is 1. The van der Waals surface area contributed by atoms with Crippen molar-refractivity contribution in [1.29, 1.82) is 0 Å². The van der Waals surface area contributed by atoms with Crippen LogP contribution in [0.2, 0.25) is 0 Å². The van der Waals surface area contributed by atoms with Crippen molar-refractivity contribution in [3.63, 3.8) is 0 Å². The number of para-hydroxylation sites is 1. The van der Waals surface area contributed by atoms with Crippen molar-refractivity contribution in [3.05, 3.63) is 54.6 Å². The van der Waals surface area contributed by atoms with Crippen molar-refractivity contribution < 1.29 is 9.13 Å². The van der Waals surface area contributed by atoms with Gasteiger partial charge in [-0.1, -0.05) is 18.2 Å². The molecule has 17 heavy (non-hydrogen) atoms. The van der Waals surface area contributed by atoms with E-state index in [0.29, 0.717) is 22.5 Å². The number of halogens is 1. The van der Waals surface area contributed by atoms with E-state index in [4.69, 9.17) is 4.74 Å². The molecule has 0 fully saturated rings. The van der Waals surface area contributed by atoms with Gasteiger partial charge in [0, 0.05) is 12.1 Å². The Hall–Kier alpha value is -2.36. The molecule has 1 aromatic heterocycles. The third-order valence-corrected chi connectivity index (χ3v) is 2.37. The zero-order chi connectivity index (χ0) is 11.7. The Kier molecular flexibility index (Phi) is 2.26. The van der Waals surface area contributed by atoms with E-state index in [1.54, 1.807) is 12.1 Å². The Balaban J connectivity index is 2.08. The lowest BCUT2D eigenvalue weighted by atomic mass is 10.3. The average molecular weight is 227 g/mol. The standard InChI is InChI=1S/C13H8FN2O/c14-9-6-11-13(16-8-15-11)12(7-9)17-10-4-2-1-3-5-10/h1-7H,(H,15,16). The molecule has 3 aromatic rings. The molecule has 0 saturated carbocycles. The monoisotopic (exact) mass is 227 g/mol. The summed E-state index contributed by atoms with van der Waals surface area (Å²) in [7, 11) is 0. The first-order valence-corrected chi connectivity index (χ1v) is 5.11. The number of benzene rings is 2. The van der Waals surface area contributed by atoms with Crippen LogP contribution < -0.4 is 4.74 Å². The second-order valence-corrected chi connectivity index (χ2v) is 3.56. The second kappa shape index (κ2) is 3.90. The topological polar surface area (TPSA) is 37.9 Å². The molecule has 0 amide bonds. The number of nitrogens with one attached hydrogen (secondary N) is 1. The van der Waals surface area contributed by atoms with E-state index in [2.05, 4.69) is 16.3 Å². The van der Waals surface area contributed by atoms with E-state index in [9.17, 15) is 4.39 Å². The van der Waals surface area contributed by atoms with Crippen molar-refractivity contribution in [2.45, 2.75) is 0 Å². The Bertz CT molecular complexity index is 649. The summed E-state index contributed by atoms with van der Waals surface area (Å²) < 4.78 is 18.9. The normalized spacial score (nSPS) is 10.6. The summed E-state index contributed by atoms with van der Waals surface area (Å²) in [5.74, 6) is 0.665. The molecule has 1 N–H and O–H groups in total. The fourth-order valence-corrected chi connectivity index (χ4v) is 1.62. The van der Waals surface area contributed by atoms with Gasteiger partial charge in [0.1, 0.15) is 17.1 Å². The van der Waals surface area contributed by atoms with Gasteiger partial charge in [-0.25, -0.2) is 9.37 Å². The van der Waals surface area contributed by atoms with Crippen LogP contribution in [0.3, 0.4) is 0 Å². The maximum Gasteiger partial charge on any atom is 0.174 e. The molecule has 0 saturated heterocycles. The molecule has 83 valence electrons. The molecular formula is C13H8FN2O. The highest BCUT2D eigenvalue weighted by Crippen LogP contribution is 2.28. The summed E-state index contributed by atoms with van der Waals surface area (Å²) in [4.78, 5) is 6.69. The number of aromatic amines is 1. The van der Waals surface area contributed by atoms with Gasteiger partial charge in [-0.15, -0.1) is 0 Å². The molecule has 3 rings (SSSR count). The van der Waals surface area contributed by atoms with E-state index in [1.807, 2.05) is 18.2 Å². The Morgan fingerprint density at radius 3 is 2.82 bits per heavy atom. The Morgan fingerprint density at radius 1 is 1.18 bits per heavy atom. The van der Waals surface area contributed by atoms with Crippen LogP contribution in [-0.4, -0.2) is 9.97 Å². The molecule has 3 nitrogen and oxygen atoms in total. The number of nitrogens with zero attached hydrogens (tertiary/aromatic N) is 1. The highest BCUT2D eigenvalue weighted by atomic mass is 19.1. The molecule has 1 radical (unpaired) electrons. The Labute approximate surface area is 96.9 Å². The van der Waals surface area contributed by atoms with E-state index in [1.165, 1.54) is 12.1 Å². The molecule has 0 bridgehead atoms. The molecule has 2 aromatic carbocycles. The minimum absolute atomic E-state index is 0.385. The fraction of sp³-hybridized carbons (Fsp3) is 0. The first-order chi connectivity index (χ1) is 8.33. The summed E-state index contributed by atoms with van der Waals surface area (Å²) in [6.45, 7) is 0. The predicted molar refractivity (Wildman–Crippen MR) is 61.4 cm³/mol. The smallest absolute Gasteiger partial charge is 0.174 e. The van der Waals surface area contributed by atoms with Crippen molar-refractivity contribution in [1.82, 2.24) is 9.97 Å². The SMILES string of the molecule is Fc1cc(Oc2ccccc2)c2[nH][c]nc2c1. The molecule has 0 spiro atoms. The maximum absolute atomic E-state index is 13.3. The predicted octanol–water partition coefficient (Wildman–Crippen LogP) is 3.29. The highest BCUT2D eigenvalue weighted by Gasteiger charge is 2.08. The molecule has 0 unspecified atom stereocenters. The van der Waals surface area contributed by atoms with Crippen LogP contribution in [-0.2, 0) is 0 Å². The number of aromatic nitrogens is 2. The van der Waals surface area contributed by atoms with E-state index in [-0.39, 0.29) is 5.82 Å². The lowest BCUT2D eigenvalue weighted by molar-refractivity contribution is 0.482. The van der Waals surface area contributed by atoms with Gasteiger partial charge in [-0.3, -0.25) is 0 Å². The molecule has 0 aliphatic heterocycles. The average Bonchev–Trinajstić information content (AvgIpc) is 2.78. The van der Waals surface area contributed by atoms with Gasteiger partial charge in [0.05, 0.1) is 5.52 Å². The maximum atomic E-state index is 13.3. The molecule has 1 heterocycles. The summed E-state index contributed by atoms with van der Waals surface area (Å²) in [5, 5.41) is 0. The van der Waals surface area contributed by atoms with Gasteiger partial charge >= 0.3 is 0 Å². The van der Waals surface area contributed by atoms with Crippen LogP contribution in [0.4, 0.5) is 4.39 Å². The number of imidazole rings is 1. The molecular weight excluding hydrogens is 219 g/mol. The largest absolute Gasteiger partial charge is 0.455 e. The number of ether oxygens (including phenoxy) is 1. The van der Waals surface area contributed by atoms with Crippen LogP contribution in [0.1, 0.15) is 0 Å². The number of H-pyrrole nitrogens is 1. The van der Waals surface area contributed by atoms with Gasteiger partial charge in [-0.05, 0) is 12.1 Å². The molecule has 0 atom stereocenters. The summed E-state index contributed by atoms with van der Waals surface area (Å²) in [6.07, 6.45) is 2.57. The zero-order valence-corrected chi connectivity index (χ0v) is 8.77. The van der Waals surface area contributed by atoms with Crippen LogP contribution >= 0.6 is 0 Å². The van der Waals surface area contributed by atoms with Crippen molar-refractivity contribution in [2.75, 3.05) is 0 Å². The van der Waals surface area contributed by atoms with Gasteiger partial charge in [-0.2, -0.15) is 0 Å². The summed E-state index contributed by atoms with van der Waals surface area (Å²) >= 11 is 0. The second-order valence-electron chi connectivity index (χ2n) is 3.56. The first-order valence-electron chi connectivity index (χ1n) is 5.11. The van der Waals surface area contributed by atoms with E-state index >= 15 is 0 Å². The van der Waals surface area contributed by atoms with E-state index in [0.717, 1.165) is 0 Å². The van der Waals surface area contributed by atoms with Crippen LogP contribution in [0.5, 0.6) is 11.5 Å². The molecule has 0 aliphatic rings. The van der Waals surface area contributed by atoms with Gasteiger partial charge in [0.15, 0.2) is 12.1 Å². The third kappa shape index (κ3) is 1.85. The van der Waals surface area contributed by atoms with Crippen molar-refractivity contribution >= 4 is 11.0 Å². The molecule has 0 aliphatic carbocycles. The molecule has 4 heteroatoms. The van der Waals surface area contributed by atoms with Crippen LogP contribution in [0.15, 0.2) is 42.5 Å². The highest BCUT2D eigenvalue weighted by molar-refractivity contribution is 5.81. The van der Waals surface area contributed by atoms with Gasteiger partial charge in [0.2, 0.25) is 0 Å². The first kappa shape index (κ1) is 9.84. The number of fused-ring (bicyclic) bond motifs is 1. The lowest BCUT2D eigenvalue weighted by Crippen LogP contribution is -1.87. The van der Waals surface area contributed by atoms with Crippen molar-refractivity contribution in [2.24, 2.45) is 0 Å². The lowest BCUT2D eigenvalue weighted by Gasteiger charge is -2.06. The zero-order valence-electron chi connectivity index (χ0n) is 8.77. The fourth-order valence-electron chi connectivity index (χ4n) is 1.62. The van der Waals surface area contributed by atoms with Crippen LogP contribution in [0, 0.1) is 12.1 Å². The van der Waals surface area contributed by atoms with E-state index < -0.39 is 0 Å². The number of rotatable bonds is 2. The quantitative estimate of drug-likeness (QED) is 0.729. The van der Waals surface area contributed by atoms with Crippen LogP contribution in [0.25, 0.3) is 11.0 Å². The third-order valence-electron chi connectivity index (χ3n) is 2.37. The summed E-state index contributed by atoms with van der Waals surface area (Å²) in [6, 6.07) is 11.9. The minimum Gasteiger partial charge on any atom is -0.455 e. The van der Waals surface area contributed by atoms with Crippen molar-refractivity contribution in [3.8, 4) is 11.5 Å². The summed E-state index contributed by atoms with van der Waals surface area (Å²) in [5.41, 5.74) is 1.13. The van der Waals surface area contributed by atoms with Gasteiger partial charge < -0.3 is 9.72 Å². The van der Waals surface area contributed by atoms with Gasteiger partial charge in [0.25, 0.3) is 0 Å².